The summed E-state index contributed by atoms with van der Waals surface area (Å²) in [6, 6.07) is 20.5. The van der Waals surface area contributed by atoms with Gasteiger partial charge in [-0.3, -0.25) is 14.4 Å². The smallest absolute Gasteiger partial charge is 0.253 e. The van der Waals surface area contributed by atoms with Gasteiger partial charge < -0.3 is 29.3 Å². The summed E-state index contributed by atoms with van der Waals surface area (Å²) in [5.74, 6) is -2.10. The van der Waals surface area contributed by atoms with Crippen LogP contribution in [0.4, 0.5) is 11.4 Å². The van der Waals surface area contributed by atoms with Crippen LogP contribution in [0.1, 0.15) is 55.8 Å². The highest BCUT2D eigenvalue weighted by Crippen LogP contribution is 2.65. The Morgan fingerprint density at radius 3 is 2.29 bits per heavy atom. The molecule has 2 bridgehead atoms. The maximum absolute atomic E-state index is 15.3. The fourth-order valence-corrected chi connectivity index (χ4v) is 8.78. The first kappa shape index (κ1) is 36.1. The van der Waals surface area contributed by atoms with Gasteiger partial charge in [0.1, 0.15) is 17.4 Å². The van der Waals surface area contributed by atoms with Crippen molar-refractivity contribution in [1.82, 2.24) is 4.90 Å². The van der Waals surface area contributed by atoms with Gasteiger partial charge in [-0.1, -0.05) is 61.5 Å². The van der Waals surface area contributed by atoms with E-state index in [9.17, 15) is 5.11 Å². The summed E-state index contributed by atoms with van der Waals surface area (Å²) >= 11 is 0. The number of amides is 3. The number of aliphatic hydroxyl groups excluding tert-OH is 1. The molecular weight excluding hydrogens is 642 g/mol. The second kappa shape index (κ2) is 14.5. The van der Waals surface area contributed by atoms with Crippen LogP contribution in [-0.2, 0) is 19.1 Å². The maximum Gasteiger partial charge on any atom is 0.253 e. The predicted molar refractivity (Wildman–Crippen MR) is 199 cm³/mol. The molecule has 3 aliphatic rings. The molecule has 3 saturated heterocycles. The zero-order valence-corrected chi connectivity index (χ0v) is 30.1. The minimum absolute atomic E-state index is 0.198. The average molecular weight is 692 g/mol. The van der Waals surface area contributed by atoms with Crippen LogP contribution in [0.25, 0.3) is 0 Å². The van der Waals surface area contributed by atoms with Gasteiger partial charge in [-0.25, -0.2) is 0 Å². The first-order chi connectivity index (χ1) is 24.6. The molecule has 3 amide bonds. The molecule has 9 heteroatoms. The van der Waals surface area contributed by atoms with Gasteiger partial charge in [-0.2, -0.15) is 0 Å². The Balaban J connectivity index is 1.51. The SMILES string of the molecule is C=CCN(C(=O)[C@H]1[C@H]2C(=O)N([C@H](CO)c3ccccc3)C(C(=O)N(CC=C)c3cc(C)ccc3C)C23CC[C@]1(CC)O3)c1ccc(OCC)cc1. The number of carbonyl (C=O) groups excluding carboxylic acids is 3. The summed E-state index contributed by atoms with van der Waals surface area (Å²) in [6.45, 7) is 16.2. The molecular formula is C42H49N3O6. The lowest BCUT2D eigenvalue weighted by Gasteiger charge is -2.40. The normalized spacial score (nSPS) is 25.3. The van der Waals surface area contributed by atoms with Gasteiger partial charge in [-0.15, -0.1) is 13.2 Å². The highest BCUT2D eigenvalue weighted by atomic mass is 16.5. The lowest BCUT2D eigenvalue weighted by atomic mass is 9.64. The largest absolute Gasteiger partial charge is 0.494 e. The molecule has 6 rings (SSSR count). The van der Waals surface area contributed by atoms with Crippen LogP contribution >= 0.6 is 0 Å². The molecule has 0 radical (unpaired) electrons. The van der Waals surface area contributed by atoms with Crippen LogP contribution < -0.4 is 14.5 Å². The third kappa shape index (κ3) is 5.96. The Hall–Kier alpha value is -4.73. The fraction of sp³-hybridized carbons (Fsp3) is 0.405. The van der Waals surface area contributed by atoms with E-state index >= 15 is 14.4 Å². The molecule has 2 unspecified atom stereocenters. The van der Waals surface area contributed by atoms with E-state index in [2.05, 4.69) is 13.2 Å². The molecule has 1 N–H and O–H groups in total. The quantitative estimate of drug-likeness (QED) is 0.199. The molecule has 1 spiro atoms. The molecule has 3 aromatic rings. The first-order valence-corrected chi connectivity index (χ1v) is 17.9. The van der Waals surface area contributed by atoms with Crippen LogP contribution in [0, 0.1) is 25.7 Å². The maximum atomic E-state index is 15.3. The van der Waals surface area contributed by atoms with E-state index in [1.807, 2.05) is 100 Å². The van der Waals surface area contributed by atoms with Crippen LogP contribution in [0.5, 0.6) is 5.75 Å². The number of likely N-dealkylation sites (tertiary alicyclic amines) is 1. The number of aliphatic hydroxyl groups is 1. The number of ether oxygens (including phenoxy) is 2. The van der Waals surface area contributed by atoms with E-state index in [0.29, 0.717) is 48.6 Å². The van der Waals surface area contributed by atoms with Crippen molar-refractivity contribution >= 4 is 29.1 Å². The van der Waals surface area contributed by atoms with E-state index in [4.69, 9.17) is 9.47 Å². The van der Waals surface area contributed by atoms with Crippen LogP contribution in [0.3, 0.4) is 0 Å². The van der Waals surface area contributed by atoms with E-state index in [1.165, 1.54) is 4.90 Å². The molecule has 0 aliphatic carbocycles. The predicted octanol–water partition coefficient (Wildman–Crippen LogP) is 6.33. The number of anilines is 2. The minimum atomic E-state index is -1.30. The van der Waals surface area contributed by atoms with E-state index in [0.717, 1.165) is 11.1 Å². The Morgan fingerprint density at radius 1 is 0.980 bits per heavy atom. The number of rotatable bonds is 14. The zero-order chi connectivity index (χ0) is 36.5. The number of hydrogen-bond donors (Lipinski definition) is 1. The Labute approximate surface area is 301 Å². The average Bonchev–Trinajstić information content (AvgIpc) is 3.75. The summed E-state index contributed by atoms with van der Waals surface area (Å²) in [7, 11) is 0. The molecule has 3 aliphatic heterocycles. The summed E-state index contributed by atoms with van der Waals surface area (Å²) in [6.07, 6.45) is 4.75. The van der Waals surface area contributed by atoms with Gasteiger partial charge in [0, 0.05) is 24.5 Å². The van der Waals surface area contributed by atoms with Crippen molar-refractivity contribution in [2.75, 3.05) is 36.1 Å². The lowest BCUT2D eigenvalue weighted by Crippen LogP contribution is -2.57. The Bertz CT molecular complexity index is 1790. The summed E-state index contributed by atoms with van der Waals surface area (Å²) < 4.78 is 12.8. The minimum Gasteiger partial charge on any atom is -0.494 e. The molecule has 3 aromatic carbocycles. The zero-order valence-electron chi connectivity index (χ0n) is 30.1. The number of nitrogens with zero attached hydrogens (tertiary/aromatic N) is 3. The van der Waals surface area contributed by atoms with Crippen molar-refractivity contribution in [2.24, 2.45) is 11.8 Å². The lowest BCUT2D eigenvalue weighted by molar-refractivity contribution is -0.149. The third-order valence-corrected chi connectivity index (χ3v) is 11.1. The molecule has 6 atom stereocenters. The summed E-state index contributed by atoms with van der Waals surface area (Å²) in [5.41, 5.74) is 1.66. The Morgan fingerprint density at radius 2 is 1.67 bits per heavy atom. The number of aryl methyl sites for hydroxylation is 2. The number of carbonyl (C=O) groups is 3. The standard InChI is InChI=1S/C42H49N3O6/c1-7-24-43(31-18-20-32(21-19-31)50-10-4)38(47)35-36-39(48)45(34(27-46)30-14-12-11-13-15-30)37(42(36)23-22-41(35,9-3)51-42)40(49)44(25-8-2)33-26-28(5)16-17-29(33)6/h7-8,11-21,26,34-37,46H,1-2,9-10,22-25,27H2,3-6H3/t34-,35-,36+,37?,41+,42?/m1/s1. The van der Waals surface area contributed by atoms with Crippen molar-refractivity contribution in [1.29, 1.82) is 0 Å². The van der Waals surface area contributed by atoms with Crippen molar-refractivity contribution < 1.29 is 29.0 Å². The summed E-state index contributed by atoms with van der Waals surface area (Å²) in [4.78, 5) is 50.5. The Kier molecular flexibility index (Phi) is 10.2. The highest BCUT2D eigenvalue weighted by Gasteiger charge is 2.79. The molecule has 268 valence electrons. The monoisotopic (exact) mass is 691 g/mol. The number of benzene rings is 3. The van der Waals surface area contributed by atoms with Gasteiger partial charge in [0.05, 0.1) is 36.7 Å². The van der Waals surface area contributed by atoms with Crippen molar-refractivity contribution in [3.63, 3.8) is 0 Å². The van der Waals surface area contributed by atoms with E-state index in [1.54, 1.807) is 22.0 Å². The second-order valence-corrected chi connectivity index (χ2v) is 13.9. The van der Waals surface area contributed by atoms with Crippen molar-refractivity contribution in [3.8, 4) is 5.75 Å². The number of fused-ring (bicyclic) bond motifs is 1. The van der Waals surface area contributed by atoms with Crippen LogP contribution in [0.15, 0.2) is 98.1 Å². The molecule has 9 nitrogen and oxygen atoms in total. The van der Waals surface area contributed by atoms with Crippen molar-refractivity contribution in [3.05, 3.63) is 115 Å². The van der Waals surface area contributed by atoms with Crippen LogP contribution in [0.2, 0.25) is 0 Å². The van der Waals surface area contributed by atoms with E-state index in [-0.39, 0.29) is 30.8 Å². The van der Waals surface area contributed by atoms with Gasteiger partial charge in [0.25, 0.3) is 5.91 Å². The third-order valence-electron chi connectivity index (χ3n) is 11.1. The fourth-order valence-electron chi connectivity index (χ4n) is 8.78. The number of hydrogen-bond acceptors (Lipinski definition) is 6. The highest BCUT2D eigenvalue weighted by molar-refractivity contribution is 6.07. The van der Waals surface area contributed by atoms with E-state index < -0.39 is 41.7 Å². The second-order valence-electron chi connectivity index (χ2n) is 13.9. The first-order valence-electron chi connectivity index (χ1n) is 17.9. The molecule has 3 fully saturated rings. The summed E-state index contributed by atoms with van der Waals surface area (Å²) in [5, 5.41) is 11.0. The molecule has 51 heavy (non-hydrogen) atoms. The topological polar surface area (TPSA) is 99.6 Å². The van der Waals surface area contributed by atoms with Gasteiger partial charge in [0.2, 0.25) is 11.8 Å². The van der Waals surface area contributed by atoms with Crippen molar-refractivity contribution in [2.45, 2.75) is 70.2 Å². The van der Waals surface area contributed by atoms with Gasteiger partial charge in [0.15, 0.2) is 0 Å². The van der Waals surface area contributed by atoms with Crippen LogP contribution in [-0.4, -0.2) is 71.3 Å². The van der Waals surface area contributed by atoms with Gasteiger partial charge in [-0.05, 0) is 87.1 Å². The molecule has 3 heterocycles. The molecule has 0 saturated carbocycles. The van der Waals surface area contributed by atoms with Gasteiger partial charge >= 0.3 is 0 Å². The molecule has 0 aromatic heterocycles.